The molecule has 0 saturated carbocycles. The van der Waals surface area contributed by atoms with E-state index in [1.807, 2.05) is 6.92 Å². The molecule has 8 heteroatoms. The molecule has 3 rings (SSSR count). The highest BCUT2D eigenvalue weighted by Gasteiger charge is 2.27. The molecule has 0 saturated heterocycles. The molecule has 150 valence electrons. The van der Waals surface area contributed by atoms with Gasteiger partial charge in [-0.05, 0) is 49.4 Å². The topological polar surface area (TPSA) is 66.5 Å². The van der Waals surface area contributed by atoms with Crippen molar-refractivity contribution in [3.63, 3.8) is 0 Å². The van der Waals surface area contributed by atoms with Crippen LogP contribution < -0.4 is 9.62 Å². The maximum absolute atomic E-state index is 14.0. The van der Waals surface area contributed by atoms with Gasteiger partial charge in [-0.15, -0.1) is 0 Å². The third kappa shape index (κ3) is 5.02. The Morgan fingerprint density at radius 2 is 1.69 bits per heavy atom. The number of carbonyl (C=O) groups excluding carboxylic acids is 1. The van der Waals surface area contributed by atoms with Crippen LogP contribution in [-0.4, -0.2) is 20.9 Å². The number of sulfonamides is 1. The van der Waals surface area contributed by atoms with E-state index in [2.05, 4.69) is 21.2 Å². The predicted molar refractivity (Wildman–Crippen MR) is 115 cm³/mol. The summed E-state index contributed by atoms with van der Waals surface area (Å²) in [5.74, 6) is -1.29. The Morgan fingerprint density at radius 3 is 2.31 bits per heavy atom. The average molecular weight is 477 g/mol. The van der Waals surface area contributed by atoms with Gasteiger partial charge in [0.1, 0.15) is 12.4 Å². The van der Waals surface area contributed by atoms with Crippen molar-refractivity contribution in [1.82, 2.24) is 0 Å². The van der Waals surface area contributed by atoms with Crippen LogP contribution in [0.15, 0.2) is 82.2 Å². The summed E-state index contributed by atoms with van der Waals surface area (Å²) in [6, 6.07) is 18.8. The number of rotatable bonds is 6. The Balaban J connectivity index is 1.93. The molecule has 0 aliphatic carbocycles. The average Bonchev–Trinajstić information content (AvgIpc) is 2.70. The number of anilines is 2. The molecular formula is C21H18BrFN2O3S. The lowest BCUT2D eigenvalue weighted by Crippen LogP contribution is -2.38. The fraction of sp³-hybridized carbons (Fsp3) is 0.0952. The van der Waals surface area contributed by atoms with Crippen LogP contribution in [0.2, 0.25) is 0 Å². The summed E-state index contributed by atoms with van der Waals surface area (Å²) >= 11 is 3.15. The molecule has 0 heterocycles. The Bertz CT molecular complexity index is 1120. The van der Waals surface area contributed by atoms with Gasteiger partial charge in [0.25, 0.3) is 10.0 Å². The molecule has 0 fully saturated rings. The standard InChI is InChI=1S/C21H18BrFN2O3S/c1-15-7-10-17(11-8-15)25(29(27,28)18-5-3-2-4-6-18)14-21(26)24-20-12-9-16(22)13-19(20)23/h2-13H,14H2,1H3,(H,24,26). The normalized spacial score (nSPS) is 11.1. The predicted octanol–water partition coefficient (Wildman–Crippen LogP) is 4.73. The van der Waals surface area contributed by atoms with Crippen LogP contribution in [0.25, 0.3) is 0 Å². The van der Waals surface area contributed by atoms with Gasteiger partial charge in [0, 0.05) is 4.47 Å². The summed E-state index contributed by atoms with van der Waals surface area (Å²) in [6.07, 6.45) is 0. The summed E-state index contributed by atoms with van der Waals surface area (Å²) < 4.78 is 41.9. The summed E-state index contributed by atoms with van der Waals surface area (Å²) in [6.45, 7) is 1.37. The summed E-state index contributed by atoms with van der Waals surface area (Å²) in [7, 11) is -4.00. The maximum Gasteiger partial charge on any atom is 0.264 e. The van der Waals surface area contributed by atoms with Crippen LogP contribution in [0.3, 0.4) is 0 Å². The number of benzene rings is 3. The minimum absolute atomic E-state index is 0.0286. The Labute approximate surface area is 177 Å². The van der Waals surface area contributed by atoms with E-state index < -0.39 is 28.3 Å². The molecular weight excluding hydrogens is 459 g/mol. The fourth-order valence-corrected chi connectivity index (χ4v) is 4.43. The van der Waals surface area contributed by atoms with Gasteiger partial charge in [0.05, 0.1) is 16.3 Å². The lowest BCUT2D eigenvalue weighted by atomic mass is 10.2. The first kappa shape index (κ1) is 21.0. The van der Waals surface area contributed by atoms with E-state index in [1.54, 1.807) is 48.5 Å². The van der Waals surface area contributed by atoms with E-state index in [4.69, 9.17) is 0 Å². The van der Waals surface area contributed by atoms with Gasteiger partial charge in [-0.3, -0.25) is 9.10 Å². The van der Waals surface area contributed by atoms with Gasteiger partial charge >= 0.3 is 0 Å². The van der Waals surface area contributed by atoms with Crippen molar-refractivity contribution in [2.24, 2.45) is 0 Å². The molecule has 1 amide bonds. The van der Waals surface area contributed by atoms with Crippen molar-refractivity contribution in [2.75, 3.05) is 16.2 Å². The van der Waals surface area contributed by atoms with Crippen LogP contribution in [0.1, 0.15) is 5.56 Å². The third-order valence-electron chi connectivity index (χ3n) is 4.15. The lowest BCUT2D eigenvalue weighted by molar-refractivity contribution is -0.114. The maximum atomic E-state index is 14.0. The van der Waals surface area contributed by atoms with Crippen LogP contribution in [0, 0.1) is 12.7 Å². The molecule has 0 radical (unpaired) electrons. The van der Waals surface area contributed by atoms with Gasteiger partial charge in [-0.2, -0.15) is 0 Å². The Kier molecular flexibility index (Phi) is 6.34. The van der Waals surface area contributed by atoms with Crippen molar-refractivity contribution in [3.05, 3.63) is 88.6 Å². The number of hydrogen-bond acceptors (Lipinski definition) is 3. The molecule has 0 aromatic heterocycles. The molecule has 5 nitrogen and oxygen atoms in total. The summed E-state index contributed by atoms with van der Waals surface area (Å²) in [4.78, 5) is 12.6. The lowest BCUT2D eigenvalue weighted by Gasteiger charge is -2.24. The zero-order chi connectivity index (χ0) is 21.0. The van der Waals surface area contributed by atoms with Crippen LogP contribution in [-0.2, 0) is 14.8 Å². The quantitative estimate of drug-likeness (QED) is 0.558. The highest BCUT2D eigenvalue weighted by atomic mass is 79.9. The number of halogens is 2. The molecule has 0 atom stereocenters. The summed E-state index contributed by atoms with van der Waals surface area (Å²) in [5.41, 5.74) is 1.26. The molecule has 0 aliphatic rings. The molecule has 1 N–H and O–H groups in total. The third-order valence-corrected chi connectivity index (χ3v) is 6.43. The van der Waals surface area contributed by atoms with Gasteiger partial charge in [-0.25, -0.2) is 12.8 Å². The zero-order valence-corrected chi connectivity index (χ0v) is 17.9. The molecule has 29 heavy (non-hydrogen) atoms. The molecule has 3 aromatic rings. The number of nitrogens with zero attached hydrogens (tertiary/aromatic N) is 1. The smallest absolute Gasteiger partial charge is 0.264 e. The van der Waals surface area contributed by atoms with Gasteiger partial charge in [0.2, 0.25) is 5.91 Å². The SMILES string of the molecule is Cc1ccc(N(CC(=O)Nc2ccc(Br)cc2F)S(=O)(=O)c2ccccc2)cc1. The molecule has 3 aromatic carbocycles. The first-order valence-corrected chi connectivity index (χ1v) is 10.9. The minimum atomic E-state index is -4.00. The number of carbonyl (C=O) groups is 1. The second-order valence-corrected chi connectivity index (χ2v) is 9.11. The van der Waals surface area contributed by atoms with E-state index in [1.165, 1.54) is 24.3 Å². The van der Waals surface area contributed by atoms with E-state index in [0.717, 1.165) is 9.87 Å². The van der Waals surface area contributed by atoms with Gasteiger partial charge in [-0.1, -0.05) is 51.8 Å². The second-order valence-electron chi connectivity index (χ2n) is 6.33. The van der Waals surface area contributed by atoms with Crippen LogP contribution in [0.5, 0.6) is 0 Å². The molecule has 0 aliphatic heterocycles. The molecule has 0 unspecified atom stereocenters. The van der Waals surface area contributed by atoms with Crippen molar-refractivity contribution >= 4 is 43.2 Å². The van der Waals surface area contributed by atoms with Gasteiger partial charge in [0.15, 0.2) is 0 Å². The van der Waals surface area contributed by atoms with Crippen molar-refractivity contribution in [2.45, 2.75) is 11.8 Å². The Morgan fingerprint density at radius 1 is 1.03 bits per heavy atom. The molecule has 0 spiro atoms. The number of amides is 1. The van der Waals surface area contributed by atoms with Gasteiger partial charge < -0.3 is 5.32 Å². The van der Waals surface area contributed by atoms with Crippen LogP contribution in [0.4, 0.5) is 15.8 Å². The second kappa shape index (κ2) is 8.75. The fourth-order valence-electron chi connectivity index (χ4n) is 2.66. The Hall–Kier alpha value is -2.71. The number of hydrogen-bond donors (Lipinski definition) is 1. The van der Waals surface area contributed by atoms with E-state index in [9.17, 15) is 17.6 Å². The van der Waals surface area contributed by atoms with Crippen molar-refractivity contribution < 1.29 is 17.6 Å². The number of aryl methyl sites for hydroxylation is 1. The highest BCUT2D eigenvalue weighted by molar-refractivity contribution is 9.10. The van der Waals surface area contributed by atoms with Crippen LogP contribution >= 0.6 is 15.9 Å². The van der Waals surface area contributed by atoms with E-state index >= 15 is 0 Å². The largest absolute Gasteiger partial charge is 0.322 e. The van der Waals surface area contributed by atoms with E-state index in [0.29, 0.717) is 10.2 Å². The van der Waals surface area contributed by atoms with Crippen molar-refractivity contribution in [1.29, 1.82) is 0 Å². The minimum Gasteiger partial charge on any atom is -0.322 e. The van der Waals surface area contributed by atoms with E-state index in [-0.39, 0.29) is 10.6 Å². The first-order valence-electron chi connectivity index (χ1n) is 8.67. The first-order chi connectivity index (χ1) is 13.8. The highest BCUT2D eigenvalue weighted by Crippen LogP contribution is 2.25. The number of nitrogens with one attached hydrogen (secondary N) is 1. The monoisotopic (exact) mass is 476 g/mol. The summed E-state index contributed by atoms with van der Waals surface area (Å²) in [5, 5.41) is 2.43. The van der Waals surface area contributed by atoms with Crippen molar-refractivity contribution in [3.8, 4) is 0 Å². The zero-order valence-electron chi connectivity index (χ0n) is 15.5. The molecule has 0 bridgehead atoms.